The molecule has 0 aliphatic rings. The molecule has 0 fully saturated rings. The average molecular weight is 441 g/mol. The number of hydrogen-bond donors (Lipinski definition) is 0. The molecular weight excluding hydrogens is 404 g/mol. The molecule has 2 atom stereocenters. The van der Waals surface area contributed by atoms with E-state index in [4.69, 9.17) is 0 Å². The second kappa shape index (κ2) is 10.4. The highest BCUT2D eigenvalue weighted by atomic mass is 16.2. The van der Waals surface area contributed by atoms with Crippen molar-refractivity contribution in [3.63, 3.8) is 0 Å². The summed E-state index contributed by atoms with van der Waals surface area (Å²) in [6.07, 6.45) is 8.00. The van der Waals surface area contributed by atoms with E-state index in [0.717, 1.165) is 51.4 Å². The van der Waals surface area contributed by atoms with Crippen molar-refractivity contribution < 1.29 is 0 Å². The fraction of sp³-hybridized carbons (Fsp3) is 0.615. The molecule has 6 heteroatoms. The van der Waals surface area contributed by atoms with E-state index in [9.17, 15) is 19.2 Å². The topological polar surface area (TPSA) is 78.1 Å². The van der Waals surface area contributed by atoms with Crippen molar-refractivity contribution in [3.05, 3.63) is 53.5 Å². The molecular formula is C26H36N2O4. The van der Waals surface area contributed by atoms with Crippen LogP contribution in [0.3, 0.4) is 0 Å². The lowest BCUT2D eigenvalue weighted by molar-refractivity contribution is 0.384. The van der Waals surface area contributed by atoms with Crippen LogP contribution in [-0.4, -0.2) is 9.13 Å². The quantitative estimate of drug-likeness (QED) is 0.420. The van der Waals surface area contributed by atoms with Crippen molar-refractivity contribution in [2.45, 2.75) is 92.2 Å². The van der Waals surface area contributed by atoms with Gasteiger partial charge < -0.3 is 0 Å². The van der Waals surface area contributed by atoms with Crippen LogP contribution in [0, 0.1) is 11.8 Å². The molecule has 0 unspecified atom stereocenters. The van der Waals surface area contributed by atoms with Gasteiger partial charge in [0.05, 0.1) is 21.5 Å². The molecule has 174 valence electrons. The van der Waals surface area contributed by atoms with Crippen LogP contribution in [0.2, 0.25) is 0 Å². The Bertz CT molecular complexity index is 1100. The summed E-state index contributed by atoms with van der Waals surface area (Å²) in [5.74, 6) is 0.522. The lowest BCUT2D eigenvalue weighted by Crippen LogP contribution is -2.29. The number of unbranched alkanes of at least 4 members (excludes halogenated alkanes) is 2. The third-order valence-corrected chi connectivity index (χ3v) is 7.03. The lowest BCUT2D eigenvalue weighted by atomic mass is 9.99. The zero-order valence-corrected chi connectivity index (χ0v) is 19.9. The van der Waals surface area contributed by atoms with E-state index in [1.165, 1.54) is 21.3 Å². The van der Waals surface area contributed by atoms with Crippen LogP contribution in [0.25, 0.3) is 21.5 Å². The molecule has 0 aliphatic carbocycles. The fourth-order valence-electron chi connectivity index (χ4n) is 4.76. The van der Waals surface area contributed by atoms with Gasteiger partial charge in [-0.25, -0.2) is 0 Å². The van der Waals surface area contributed by atoms with Gasteiger partial charge in [-0.05, 0) is 36.8 Å². The molecule has 0 N–H and O–H groups in total. The van der Waals surface area contributed by atoms with Crippen molar-refractivity contribution in [3.8, 4) is 0 Å². The Hall–Kier alpha value is -2.50. The van der Waals surface area contributed by atoms with Crippen molar-refractivity contribution in [1.29, 1.82) is 0 Å². The Kier molecular flexibility index (Phi) is 7.86. The van der Waals surface area contributed by atoms with E-state index in [1.807, 2.05) is 0 Å². The van der Waals surface area contributed by atoms with Crippen molar-refractivity contribution in [2.24, 2.45) is 11.8 Å². The Morgan fingerprint density at radius 1 is 0.594 bits per heavy atom. The normalized spacial score (nSPS) is 13.9. The molecule has 3 rings (SSSR count). The van der Waals surface area contributed by atoms with Crippen molar-refractivity contribution >= 4 is 21.5 Å². The SMILES string of the molecule is CCCC[C@@H](CC)Cn1c(=O)c2cc3c(=O)n(C[C@H](CC)CCCC)c(=O)c3cc2c1=O. The fourth-order valence-corrected chi connectivity index (χ4v) is 4.76. The van der Waals surface area contributed by atoms with E-state index in [-0.39, 0.29) is 55.6 Å². The first-order valence-corrected chi connectivity index (χ1v) is 12.3. The predicted molar refractivity (Wildman–Crippen MR) is 131 cm³/mol. The first kappa shape index (κ1) is 24.1. The van der Waals surface area contributed by atoms with Gasteiger partial charge in [0, 0.05) is 13.1 Å². The third-order valence-electron chi connectivity index (χ3n) is 7.03. The minimum Gasteiger partial charge on any atom is -0.274 e. The molecule has 0 amide bonds. The molecule has 32 heavy (non-hydrogen) atoms. The van der Waals surface area contributed by atoms with E-state index < -0.39 is 0 Å². The highest BCUT2D eigenvalue weighted by Gasteiger charge is 2.21. The molecule has 0 bridgehead atoms. The Morgan fingerprint density at radius 2 is 0.906 bits per heavy atom. The standard InChI is InChI=1S/C26H36N2O4/c1-5-9-11-17(7-3)15-27-23(29)19-13-21-22(14-20(19)24(27)30)26(32)28(25(21)31)16-18(8-4)12-10-6-2/h13-14,17-18H,5-12,15-16H2,1-4H3/t17-,18-/m1/s1. The second-order valence-corrected chi connectivity index (χ2v) is 9.22. The van der Waals surface area contributed by atoms with Gasteiger partial charge in [-0.15, -0.1) is 0 Å². The number of rotatable bonds is 12. The number of fused-ring (bicyclic) bond motifs is 2. The van der Waals surface area contributed by atoms with Gasteiger partial charge in [-0.3, -0.25) is 28.3 Å². The van der Waals surface area contributed by atoms with Gasteiger partial charge in [0.25, 0.3) is 22.2 Å². The molecule has 0 spiro atoms. The van der Waals surface area contributed by atoms with Crippen molar-refractivity contribution in [1.82, 2.24) is 9.13 Å². The van der Waals surface area contributed by atoms with Gasteiger partial charge in [-0.1, -0.05) is 66.2 Å². The summed E-state index contributed by atoms with van der Waals surface area (Å²) in [7, 11) is 0. The van der Waals surface area contributed by atoms with Crippen LogP contribution in [-0.2, 0) is 13.1 Å². The maximum absolute atomic E-state index is 13.0. The minimum absolute atomic E-state index is 0.250. The summed E-state index contributed by atoms with van der Waals surface area (Å²) >= 11 is 0. The maximum Gasteiger partial charge on any atom is 0.261 e. The lowest BCUT2D eigenvalue weighted by Gasteiger charge is -2.13. The zero-order chi connectivity index (χ0) is 23.4. The van der Waals surface area contributed by atoms with Crippen LogP contribution in [0.5, 0.6) is 0 Å². The molecule has 0 radical (unpaired) electrons. The van der Waals surface area contributed by atoms with E-state index in [0.29, 0.717) is 13.1 Å². The molecule has 6 nitrogen and oxygen atoms in total. The molecule has 0 saturated carbocycles. The summed E-state index contributed by atoms with van der Waals surface area (Å²) < 4.78 is 2.60. The highest BCUT2D eigenvalue weighted by molar-refractivity contribution is 5.97. The van der Waals surface area contributed by atoms with Gasteiger partial charge in [0.1, 0.15) is 0 Å². The van der Waals surface area contributed by atoms with E-state index >= 15 is 0 Å². The number of hydrogen-bond acceptors (Lipinski definition) is 4. The first-order chi connectivity index (χ1) is 15.4. The van der Waals surface area contributed by atoms with E-state index in [1.54, 1.807) is 0 Å². The summed E-state index contributed by atoms with van der Waals surface area (Å²) in [5.41, 5.74) is -1.40. The molecule has 0 aliphatic heterocycles. The predicted octanol–water partition coefficient (Wildman–Crippen LogP) is 4.35. The second-order valence-electron chi connectivity index (χ2n) is 9.22. The van der Waals surface area contributed by atoms with E-state index in [2.05, 4.69) is 27.7 Å². The molecule has 2 heterocycles. The van der Waals surface area contributed by atoms with Crippen LogP contribution in [0.15, 0.2) is 31.3 Å². The Labute approximate surface area is 188 Å². The van der Waals surface area contributed by atoms with Crippen molar-refractivity contribution in [2.75, 3.05) is 0 Å². The summed E-state index contributed by atoms with van der Waals surface area (Å²) in [6.45, 7) is 9.17. The first-order valence-electron chi connectivity index (χ1n) is 12.3. The van der Waals surface area contributed by atoms with Gasteiger partial charge in [0.2, 0.25) is 0 Å². The average Bonchev–Trinajstić information content (AvgIpc) is 3.17. The third kappa shape index (κ3) is 4.50. The van der Waals surface area contributed by atoms with Crippen LogP contribution in [0.1, 0.15) is 79.1 Å². The zero-order valence-electron chi connectivity index (χ0n) is 19.9. The van der Waals surface area contributed by atoms with Crippen LogP contribution in [0.4, 0.5) is 0 Å². The summed E-state index contributed by atoms with van der Waals surface area (Å²) in [5, 5.41) is 1.00. The molecule has 2 aromatic heterocycles. The maximum atomic E-state index is 13.0. The summed E-state index contributed by atoms with van der Waals surface area (Å²) in [6, 6.07) is 2.95. The van der Waals surface area contributed by atoms with Crippen LogP contribution < -0.4 is 22.2 Å². The Balaban J connectivity index is 2.06. The van der Waals surface area contributed by atoms with Gasteiger partial charge >= 0.3 is 0 Å². The monoisotopic (exact) mass is 440 g/mol. The molecule has 3 aromatic rings. The van der Waals surface area contributed by atoms with Gasteiger partial charge in [0.15, 0.2) is 0 Å². The number of aromatic nitrogens is 2. The molecule has 0 saturated heterocycles. The smallest absolute Gasteiger partial charge is 0.261 e. The summed E-state index contributed by atoms with van der Waals surface area (Å²) in [4.78, 5) is 52.2. The number of benzene rings is 1. The molecule has 1 aromatic carbocycles. The Morgan fingerprint density at radius 3 is 1.16 bits per heavy atom. The largest absolute Gasteiger partial charge is 0.274 e. The van der Waals surface area contributed by atoms with Gasteiger partial charge in [-0.2, -0.15) is 0 Å². The number of nitrogens with zero attached hydrogens (tertiary/aromatic N) is 2. The minimum atomic E-state index is -0.351. The highest BCUT2D eigenvalue weighted by Crippen LogP contribution is 2.19. The van der Waals surface area contributed by atoms with Crippen LogP contribution >= 0.6 is 0 Å².